The highest BCUT2D eigenvalue weighted by molar-refractivity contribution is 8.14. The number of nitrogens with zero attached hydrogens (tertiary/aromatic N) is 4. The molecule has 29 heteroatoms. The molecule has 1 aliphatic carbocycles. The van der Waals surface area contributed by atoms with Gasteiger partial charge in [0.25, 0.3) is 0 Å². The smallest absolute Gasteiger partial charge is 0.386 e. The number of hydrogen-bond donors (Lipinski definition) is 9. The second kappa shape index (κ2) is 20.7. The molecule has 1 saturated carbocycles. The number of nitrogen functional groups attached to an aromatic ring is 1. The highest BCUT2D eigenvalue weighted by atomic mass is 32.2. The van der Waals surface area contributed by atoms with Crippen molar-refractivity contribution in [1.82, 2.24) is 30.2 Å². The van der Waals surface area contributed by atoms with Crippen LogP contribution in [0, 0.1) is 11.3 Å². The second-order valence-electron chi connectivity index (χ2n) is 14.1. The average Bonchev–Trinajstić information content (AvgIpc) is 3.72. The van der Waals surface area contributed by atoms with Gasteiger partial charge in [0.05, 0.1) is 31.0 Å². The van der Waals surface area contributed by atoms with Crippen molar-refractivity contribution >= 4 is 74.9 Å². The number of Topliss-reactive ketones (excluding diaryl/α,β-unsaturated/α-hetero) is 1. The van der Waals surface area contributed by atoms with E-state index in [0.29, 0.717) is 12.8 Å². The number of ketones is 1. The van der Waals surface area contributed by atoms with Crippen molar-refractivity contribution in [3.8, 4) is 0 Å². The Bertz CT molecular complexity index is 2110. The number of aromatic nitrogens is 4. The van der Waals surface area contributed by atoms with Gasteiger partial charge in [-0.2, -0.15) is 4.31 Å². The molecule has 2 aliphatic rings. The molecule has 2 aromatic heterocycles. The van der Waals surface area contributed by atoms with Crippen molar-refractivity contribution in [2.24, 2.45) is 11.3 Å². The molecule has 0 radical (unpaired) electrons. The Morgan fingerprint density at radius 3 is 2.47 bits per heavy atom. The van der Waals surface area contributed by atoms with E-state index >= 15 is 0 Å². The van der Waals surface area contributed by atoms with Gasteiger partial charge < -0.3 is 50.9 Å². The summed E-state index contributed by atoms with van der Waals surface area (Å²) in [6.45, 7) is 3.80. The first kappa shape index (κ1) is 49.4. The minimum absolute atomic E-state index is 0.0217. The fraction of sp³-hybridized carbons (Fsp3) is 0.613. The molecule has 0 spiro atoms. The fourth-order valence-electron chi connectivity index (χ4n) is 5.98. The van der Waals surface area contributed by atoms with Gasteiger partial charge in [-0.05, 0) is 12.8 Å². The Labute approximate surface area is 345 Å². The van der Waals surface area contributed by atoms with Crippen molar-refractivity contribution < 1.29 is 85.3 Å². The molecule has 10 N–H and O–H groups in total. The Hall–Kier alpha value is -3.25. The third-order valence-electron chi connectivity index (χ3n) is 9.05. The number of nitrogens with one attached hydrogen (secondary N) is 2. The third kappa shape index (κ3) is 13.6. The number of anilines is 1. The first-order valence-electron chi connectivity index (χ1n) is 17.9. The van der Waals surface area contributed by atoms with E-state index in [9.17, 15) is 62.7 Å². The molecule has 2 amide bonds. The zero-order valence-electron chi connectivity index (χ0n) is 32.1. The van der Waals surface area contributed by atoms with Gasteiger partial charge in [0.2, 0.25) is 16.9 Å². The Morgan fingerprint density at radius 1 is 1.10 bits per heavy atom. The van der Waals surface area contributed by atoms with Crippen LogP contribution in [0.3, 0.4) is 0 Å². The van der Waals surface area contributed by atoms with Crippen LogP contribution in [0.15, 0.2) is 30.5 Å². The van der Waals surface area contributed by atoms with Crippen molar-refractivity contribution in [3.63, 3.8) is 0 Å². The van der Waals surface area contributed by atoms with Gasteiger partial charge in [-0.3, -0.25) is 37.3 Å². The van der Waals surface area contributed by atoms with Crippen LogP contribution in [0.25, 0.3) is 11.2 Å². The molecule has 25 nitrogen and oxygen atoms in total. The summed E-state index contributed by atoms with van der Waals surface area (Å²) in [5.74, 6) is -1.90. The summed E-state index contributed by atoms with van der Waals surface area (Å²) in [6.07, 6.45) is -4.50. The number of hydrogen-bond acceptors (Lipinski definition) is 19. The molecule has 4 rings (SSSR count). The summed E-state index contributed by atoms with van der Waals surface area (Å²) in [6, 6.07) is 0. The van der Waals surface area contributed by atoms with Crippen molar-refractivity contribution in [1.29, 1.82) is 0 Å². The quantitative estimate of drug-likeness (QED) is 0.0348. The van der Waals surface area contributed by atoms with E-state index in [2.05, 4.69) is 46.7 Å². The molecular weight excluding hydrogens is 883 g/mol. The Morgan fingerprint density at radius 2 is 1.80 bits per heavy atom. The zero-order valence-corrected chi connectivity index (χ0v) is 35.6. The predicted molar refractivity (Wildman–Crippen MR) is 207 cm³/mol. The molecule has 2 aromatic rings. The highest BCUT2D eigenvalue weighted by Crippen LogP contribution is 2.61. The van der Waals surface area contributed by atoms with Gasteiger partial charge in [-0.15, -0.1) is 5.73 Å². The minimum Gasteiger partial charge on any atom is -0.386 e. The lowest BCUT2D eigenvalue weighted by atomic mass is 9.83. The summed E-state index contributed by atoms with van der Waals surface area (Å²) in [5, 5.41) is 26.1. The lowest BCUT2D eigenvalue weighted by Gasteiger charge is -2.30. The number of amides is 2. The minimum atomic E-state index is -5.59. The second-order valence-corrected chi connectivity index (χ2v) is 19.4. The number of ether oxygens (including phenoxy) is 1. The summed E-state index contributed by atoms with van der Waals surface area (Å²) in [7, 11) is -16.4. The van der Waals surface area contributed by atoms with Crippen LogP contribution in [-0.2, 0) is 55.5 Å². The molecule has 0 bridgehead atoms. The Balaban J connectivity index is 1.21. The van der Waals surface area contributed by atoms with Gasteiger partial charge in [0.1, 0.15) is 42.0 Å². The maximum absolute atomic E-state index is 12.7. The lowest BCUT2D eigenvalue weighted by Crippen LogP contribution is -2.46. The maximum Gasteiger partial charge on any atom is 0.481 e. The van der Waals surface area contributed by atoms with Crippen LogP contribution >= 0.6 is 35.2 Å². The number of rotatable bonds is 21. The van der Waals surface area contributed by atoms with Crippen molar-refractivity contribution in [2.45, 2.75) is 76.6 Å². The van der Waals surface area contributed by atoms with E-state index in [-0.39, 0.29) is 58.7 Å². The zero-order chi connectivity index (χ0) is 44.6. The molecule has 60 heavy (non-hydrogen) atoms. The van der Waals surface area contributed by atoms with Crippen LogP contribution in [0.5, 0.6) is 0 Å². The van der Waals surface area contributed by atoms with Crippen LogP contribution in [-0.4, -0.2) is 128 Å². The van der Waals surface area contributed by atoms with Gasteiger partial charge in [0.15, 0.2) is 17.7 Å². The topological polar surface area (TPSA) is 381 Å². The van der Waals surface area contributed by atoms with E-state index in [1.54, 1.807) is 0 Å². The number of phosphoric ester groups is 3. The summed E-state index contributed by atoms with van der Waals surface area (Å²) in [4.78, 5) is 101. The number of thioether (sulfide) groups is 1. The SMILES string of the molecule is C=C=C(C(=O)SCCNC(=O)CCNC(=O)C(O)C(C)(C)COP(=O)(O)OP(=O)(O)OC[C@H]1O[C@@H](n2cnc3c(N)ncnc32)[C@H](O)[C@@H]1OP(=O)(O)O)C1CCCCC1=O. The van der Waals surface area contributed by atoms with Gasteiger partial charge in [-0.1, -0.05) is 38.6 Å². The number of nitrogens with two attached hydrogens (primary N) is 1. The first-order chi connectivity index (χ1) is 27.9. The van der Waals surface area contributed by atoms with Crippen molar-refractivity contribution in [3.05, 3.63) is 30.5 Å². The highest BCUT2D eigenvalue weighted by Gasteiger charge is 2.50. The standard InChI is InChI=1S/C31H46N7O18P3S/c1-4-17(18-7-5-6-8-19(18)39)30(44)60-12-11-33-21(40)9-10-34-28(43)25(42)31(2,3)14-53-59(50,51)56-58(48,49)52-13-20-24(55-57(45,46)47)23(41)29(54-20)38-16-37-22-26(32)35-15-36-27(22)38/h15-16,18,20,23-25,29,41-42H,1,5-14H2,2-3H3,(H,33,40)(H,34,43)(H,48,49)(H,50,51)(H2,32,35,36)(H2,45,46,47)/t18?,20-,23-,24-,25?,29-/m1/s1. The van der Waals surface area contributed by atoms with E-state index < -0.39 is 90.5 Å². The summed E-state index contributed by atoms with van der Waals surface area (Å²) in [5.41, 5.74) is 7.03. The molecule has 1 aliphatic heterocycles. The summed E-state index contributed by atoms with van der Waals surface area (Å²) < 4.78 is 62.2. The van der Waals surface area contributed by atoms with E-state index in [1.807, 2.05) is 0 Å². The monoisotopic (exact) mass is 929 g/mol. The average molecular weight is 930 g/mol. The normalized spacial score (nSPS) is 23.6. The fourth-order valence-corrected chi connectivity index (χ4v) is 9.57. The number of phosphoric acid groups is 3. The van der Waals surface area contributed by atoms with E-state index in [4.69, 9.17) is 19.5 Å². The predicted octanol–water partition coefficient (Wildman–Crippen LogP) is 0.135. The number of fused-ring (bicyclic) bond motifs is 1. The van der Waals surface area contributed by atoms with Gasteiger partial charge in [-0.25, -0.2) is 28.6 Å². The van der Waals surface area contributed by atoms with Gasteiger partial charge in [0, 0.05) is 37.1 Å². The Kier molecular flexibility index (Phi) is 17.1. The lowest BCUT2D eigenvalue weighted by molar-refractivity contribution is -0.137. The van der Waals surface area contributed by atoms with Crippen LogP contribution in [0.2, 0.25) is 0 Å². The van der Waals surface area contributed by atoms with Crippen LogP contribution in [0.4, 0.5) is 5.82 Å². The number of carbonyl (C=O) groups is 4. The molecule has 4 unspecified atom stereocenters. The van der Waals surface area contributed by atoms with Crippen LogP contribution < -0.4 is 16.4 Å². The molecule has 8 atom stereocenters. The molecule has 3 heterocycles. The number of aliphatic hydroxyl groups is 2. The molecule has 334 valence electrons. The van der Waals surface area contributed by atoms with E-state index in [1.165, 1.54) is 13.8 Å². The molecular formula is C31H46N7O18P3S. The van der Waals surface area contributed by atoms with Crippen molar-refractivity contribution in [2.75, 3.05) is 37.8 Å². The van der Waals surface area contributed by atoms with Crippen LogP contribution in [0.1, 0.15) is 52.2 Å². The van der Waals surface area contributed by atoms with E-state index in [0.717, 1.165) is 41.8 Å². The molecule has 2 fully saturated rings. The number of imidazole rings is 1. The van der Waals surface area contributed by atoms with Gasteiger partial charge >= 0.3 is 23.5 Å². The number of carbonyl (C=O) groups excluding carboxylic acids is 4. The summed E-state index contributed by atoms with van der Waals surface area (Å²) >= 11 is 0.907. The molecule has 0 aromatic carbocycles. The maximum atomic E-state index is 12.7. The third-order valence-corrected chi connectivity index (χ3v) is 13.0. The first-order valence-corrected chi connectivity index (χ1v) is 23.4. The largest absolute Gasteiger partial charge is 0.481 e. The molecule has 1 saturated heterocycles. The number of aliphatic hydroxyl groups excluding tert-OH is 2.